The summed E-state index contributed by atoms with van der Waals surface area (Å²) in [6.45, 7) is 0. The summed E-state index contributed by atoms with van der Waals surface area (Å²) in [6, 6.07) is 12.0. The maximum atomic E-state index is 12.2. The first-order chi connectivity index (χ1) is 13.0. The quantitative estimate of drug-likeness (QED) is 0.295. The van der Waals surface area contributed by atoms with E-state index in [4.69, 9.17) is 11.6 Å². The van der Waals surface area contributed by atoms with Crippen LogP contribution in [0.3, 0.4) is 0 Å². The fraction of sp³-hybridized carbons (Fsp3) is 0.0625. The van der Waals surface area contributed by atoms with Crippen LogP contribution >= 0.6 is 34.7 Å². The molecular formula is C16H10ClN5O3S2. The number of hydrogen-bond acceptors (Lipinski definition) is 7. The lowest BCUT2D eigenvalue weighted by Gasteiger charge is -2.05. The van der Waals surface area contributed by atoms with Gasteiger partial charge in [-0.2, -0.15) is 0 Å². The number of halogens is 1. The van der Waals surface area contributed by atoms with Crippen molar-refractivity contribution in [2.75, 3.05) is 11.1 Å². The number of hydrogen-bond donors (Lipinski definition) is 1. The zero-order valence-electron chi connectivity index (χ0n) is 13.5. The van der Waals surface area contributed by atoms with Gasteiger partial charge in [0.15, 0.2) is 5.16 Å². The minimum absolute atomic E-state index is 0.0163. The summed E-state index contributed by atoms with van der Waals surface area (Å²) in [4.78, 5) is 23.3. The SMILES string of the molecule is O=C(CSc1nnc2sc3ccccc3n12)Nc1ccc(Cl)c([N+](=O)[O-])c1. The highest BCUT2D eigenvalue weighted by molar-refractivity contribution is 7.99. The Morgan fingerprint density at radius 3 is 2.93 bits per heavy atom. The van der Waals surface area contributed by atoms with E-state index in [0.29, 0.717) is 10.8 Å². The number of benzene rings is 2. The number of amides is 1. The number of carbonyl (C=O) groups is 1. The molecule has 0 atom stereocenters. The first kappa shape index (κ1) is 17.7. The minimum Gasteiger partial charge on any atom is -0.325 e. The maximum absolute atomic E-state index is 12.2. The lowest BCUT2D eigenvalue weighted by Crippen LogP contribution is -2.14. The van der Waals surface area contributed by atoms with Crippen LogP contribution in [0.25, 0.3) is 15.2 Å². The Bertz CT molecular complexity index is 1190. The largest absolute Gasteiger partial charge is 0.325 e. The Morgan fingerprint density at radius 1 is 1.30 bits per heavy atom. The molecule has 1 N–H and O–H groups in total. The number of aromatic nitrogens is 3. The third kappa shape index (κ3) is 3.46. The third-order valence-electron chi connectivity index (χ3n) is 3.67. The van der Waals surface area contributed by atoms with Crippen LogP contribution in [-0.4, -0.2) is 31.2 Å². The Kier molecular flexibility index (Phi) is 4.68. The van der Waals surface area contributed by atoms with Gasteiger partial charge in [0.05, 0.1) is 20.9 Å². The average molecular weight is 420 g/mol. The molecule has 0 saturated carbocycles. The first-order valence-corrected chi connectivity index (χ1v) is 9.80. The van der Waals surface area contributed by atoms with Gasteiger partial charge in [-0.15, -0.1) is 10.2 Å². The molecule has 0 saturated heterocycles. The van der Waals surface area contributed by atoms with E-state index < -0.39 is 4.92 Å². The monoisotopic (exact) mass is 419 g/mol. The van der Waals surface area contributed by atoms with Gasteiger partial charge in [-0.1, -0.05) is 46.8 Å². The standard InChI is InChI=1S/C16H10ClN5O3S2/c17-10-6-5-9(7-12(10)22(24)25)18-14(23)8-26-15-19-20-16-21(15)11-3-1-2-4-13(11)27-16/h1-7H,8H2,(H,18,23). The molecule has 0 bridgehead atoms. The van der Waals surface area contributed by atoms with Gasteiger partial charge in [0.25, 0.3) is 5.69 Å². The molecule has 2 aromatic carbocycles. The van der Waals surface area contributed by atoms with Crippen LogP contribution in [0.4, 0.5) is 11.4 Å². The predicted octanol–water partition coefficient (Wildman–Crippen LogP) is 4.24. The summed E-state index contributed by atoms with van der Waals surface area (Å²) in [5.74, 6) is -0.227. The average Bonchev–Trinajstić information content (AvgIpc) is 3.20. The second-order valence-corrected chi connectivity index (χ2v) is 7.79. The molecule has 2 heterocycles. The number of rotatable bonds is 5. The summed E-state index contributed by atoms with van der Waals surface area (Å²) in [6.07, 6.45) is 0. The summed E-state index contributed by atoms with van der Waals surface area (Å²) >= 11 is 8.54. The van der Waals surface area contributed by atoms with Crippen LogP contribution in [-0.2, 0) is 4.79 Å². The van der Waals surface area contributed by atoms with E-state index in [-0.39, 0.29) is 22.4 Å². The van der Waals surface area contributed by atoms with E-state index >= 15 is 0 Å². The number of nitro benzene ring substituents is 1. The van der Waals surface area contributed by atoms with E-state index in [1.807, 2.05) is 28.7 Å². The van der Waals surface area contributed by atoms with E-state index in [1.54, 1.807) is 0 Å². The van der Waals surface area contributed by atoms with Gasteiger partial charge < -0.3 is 5.32 Å². The predicted molar refractivity (Wildman–Crippen MR) is 106 cm³/mol. The second kappa shape index (κ2) is 7.14. The topological polar surface area (TPSA) is 102 Å². The Hall–Kier alpha value is -2.69. The van der Waals surface area contributed by atoms with Crippen molar-refractivity contribution >= 4 is 67.2 Å². The molecule has 0 fully saturated rings. The number of thioether (sulfide) groups is 1. The van der Waals surface area contributed by atoms with Crippen LogP contribution in [0.1, 0.15) is 0 Å². The van der Waals surface area contributed by atoms with E-state index in [2.05, 4.69) is 15.5 Å². The summed E-state index contributed by atoms with van der Waals surface area (Å²) in [5.41, 5.74) is 1.04. The molecule has 0 aliphatic heterocycles. The number of carbonyl (C=O) groups excluding carboxylic acids is 1. The third-order valence-corrected chi connectivity index (χ3v) is 5.93. The number of anilines is 1. The van der Waals surface area contributed by atoms with Crippen LogP contribution in [0.2, 0.25) is 5.02 Å². The highest BCUT2D eigenvalue weighted by Crippen LogP contribution is 2.30. The zero-order valence-corrected chi connectivity index (χ0v) is 15.8. The minimum atomic E-state index is -0.596. The lowest BCUT2D eigenvalue weighted by molar-refractivity contribution is -0.384. The molecule has 8 nitrogen and oxygen atoms in total. The van der Waals surface area contributed by atoms with Gasteiger partial charge in [-0.05, 0) is 24.3 Å². The molecule has 0 aliphatic rings. The number of nitrogens with one attached hydrogen (secondary N) is 1. The molecular weight excluding hydrogens is 410 g/mol. The van der Waals surface area contributed by atoms with E-state index in [0.717, 1.165) is 15.2 Å². The molecule has 0 unspecified atom stereocenters. The summed E-state index contributed by atoms with van der Waals surface area (Å²) in [5, 5.41) is 22.5. The van der Waals surface area contributed by atoms with Crippen molar-refractivity contribution in [1.82, 2.24) is 14.6 Å². The zero-order chi connectivity index (χ0) is 19.0. The van der Waals surface area contributed by atoms with Crippen molar-refractivity contribution in [3.05, 3.63) is 57.6 Å². The number of nitrogens with zero attached hydrogens (tertiary/aromatic N) is 4. The first-order valence-electron chi connectivity index (χ1n) is 7.62. The highest BCUT2D eigenvalue weighted by Gasteiger charge is 2.16. The fourth-order valence-corrected chi connectivity index (χ4v) is 4.46. The number of para-hydroxylation sites is 1. The van der Waals surface area contributed by atoms with Gasteiger partial charge in [-0.25, -0.2) is 0 Å². The lowest BCUT2D eigenvalue weighted by atomic mass is 10.3. The van der Waals surface area contributed by atoms with Crippen LogP contribution in [0.15, 0.2) is 47.6 Å². The van der Waals surface area contributed by atoms with Crippen molar-refractivity contribution < 1.29 is 9.72 Å². The van der Waals surface area contributed by atoms with Crippen LogP contribution in [0.5, 0.6) is 0 Å². The van der Waals surface area contributed by atoms with E-state index in [9.17, 15) is 14.9 Å². The van der Waals surface area contributed by atoms with Crippen LogP contribution in [0, 0.1) is 10.1 Å². The molecule has 136 valence electrons. The molecule has 11 heteroatoms. The smallest absolute Gasteiger partial charge is 0.289 e. The molecule has 0 radical (unpaired) electrons. The van der Waals surface area contributed by atoms with Crippen molar-refractivity contribution in [2.24, 2.45) is 0 Å². The number of nitro groups is 1. The maximum Gasteiger partial charge on any atom is 0.289 e. The molecule has 0 spiro atoms. The fourth-order valence-electron chi connectivity index (χ4n) is 2.51. The summed E-state index contributed by atoms with van der Waals surface area (Å²) in [7, 11) is 0. The van der Waals surface area contributed by atoms with Crippen LogP contribution < -0.4 is 5.32 Å². The number of thiazole rings is 1. The van der Waals surface area contributed by atoms with Crippen molar-refractivity contribution in [2.45, 2.75) is 5.16 Å². The Labute approximate surface area is 165 Å². The van der Waals surface area contributed by atoms with Gasteiger partial charge >= 0.3 is 0 Å². The van der Waals surface area contributed by atoms with Gasteiger partial charge in [0.1, 0.15) is 5.02 Å². The van der Waals surface area contributed by atoms with Gasteiger partial charge in [0.2, 0.25) is 10.9 Å². The molecule has 4 rings (SSSR count). The molecule has 1 amide bonds. The Balaban J connectivity index is 1.49. The van der Waals surface area contributed by atoms with Crippen molar-refractivity contribution in [1.29, 1.82) is 0 Å². The van der Waals surface area contributed by atoms with E-state index in [1.165, 1.54) is 41.3 Å². The molecule has 27 heavy (non-hydrogen) atoms. The molecule has 0 aliphatic carbocycles. The van der Waals surface area contributed by atoms with Crippen molar-refractivity contribution in [3.63, 3.8) is 0 Å². The van der Waals surface area contributed by atoms with Gasteiger partial charge in [-0.3, -0.25) is 19.3 Å². The highest BCUT2D eigenvalue weighted by atomic mass is 35.5. The number of fused-ring (bicyclic) bond motifs is 3. The normalized spacial score (nSPS) is 11.1. The Morgan fingerprint density at radius 2 is 2.11 bits per heavy atom. The summed E-state index contributed by atoms with van der Waals surface area (Å²) < 4.78 is 2.99. The van der Waals surface area contributed by atoms with Gasteiger partial charge in [0, 0.05) is 11.8 Å². The molecule has 4 aromatic rings. The van der Waals surface area contributed by atoms with Crippen molar-refractivity contribution in [3.8, 4) is 0 Å². The second-order valence-electron chi connectivity index (χ2n) is 5.43. The molecule has 2 aromatic heterocycles.